The highest BCUT2D eigenvalue weighted by Crippen LogP contribution is 2.30. The number of ether oxygens (including phenoxy) is 2. The van der Waals surface area contributed by atoms with Crippen molar-refractivity contribution in [2.45, 2.75) is 13.3 Å². The Labute approximate surface area is 162 Å². The van der Waals surface area contributed by atoms with Crippen LogP contribution in [0.3, 0.4) is 0 Å². The Hall–Kier alpha value is -2.84. The summed E-state index contributed by atoms with van der Waals surface area (Å²) in [6.45, 7) is 6.86. The molecule has 0 radical (unpaired) electrons. The first kappa shape index (κ1) is 18.9. The number of hydrogen-bond donors (Lipinski definition) is 0. The van der Waals surface area contributed by atoms with Crippen LogP contribution >= 0.6 is 0 Å². The van der Waals surface area contributed by atoms with E-state index in [-0.39, 0.29) is 0 Å². The molecule has 0 saturated carbocycles. The van der Waals surface area contributed by atoms with Gasteiger partial charge >= 0.3 is 0 Å². The maximum Gasteiger partial charge on any atom is 0.118 e. The molecule has 0 saturated heterocycles. The molecule has 0 aliphatic carbocycles. The van der Waals surface area contributed by atoms with Crippen molar-refractivity contribution in [1.82, 2.24) is 0 Å². The number of rotatable bonds is 7. The zero-order valence-corrected chi connectivity index (χ0v) is 16.3. The Bertz CT molecular complexity index is 906. The molecule has 3 rings (SSSR count). The lowest BCUT2D eigenvalue weighted by atomic mass is 9.93. The van der Waals surface area contributed by atoms with Crippen LogP contribution in [0.15, 0.2) is 73.3 Å². The van der Waals surface area contributed by atoms with Crippen molar-refractivity contribution in [3.63, 3.8) is 0 Å². The predicted molar refractivity (Wildman–Crippen MR) is 114 cm³/mol. The van der Waals surface area contributed by atoms with Crippen molar-refractivity contribution >= 4 is 5.57 Å². The van der Waals surface area contributed by atoms with Crippen LogP contribution in [0.1, 0.15) is 18.1 Å². The molecule has 0 aliphatic heterocycles. The highest BCUT2D eigenvalue weighted by molar-refractivity contribution is 5.75. The fourth-order valence-electron chi connectivity index (χ4n) is 3.27. The highest BCUT2D eigenvalue weighted by Gasteiger charge is 2.08. The van der Waals surface area contributed by atoms with Gasteiger partial charge < -0.3 is 9.47 Å². The number of aryl methyl sites for hydroxylation is 1. The molecule has 0 fully saturated rings. The van der Waals surface area contributed by atoms with Gasteiger partial charge in [0.05, 0.1) is 13.7 Å². The summed E-state index contributed by atoms with van der Waals surface area (Å²) in [7, 11) is 3.38. The molecule has 27 heavy (non-hydrogen) atoms. The average molecular weight is 358 g/mol. The van der Waals surface area contributed by atoms with E-state index >= 15 is 0 Å². The van der Waals surface area contributed by atoms with E-state index in [1.807, 2.05) is 12.1 Å². The second-order valence-electron chi connectivity index (χ2n) is 6.57. The first-order valence-electron chi connectivity index (χ1n) is 9.21. The lowest BCUT2D eigenvalue weighted by molar-refractivity contribution is 0.240. The van der Waals surface area contributed by atoms with Crippen molar-refractivity contribution < 1.29 is 9.47 Å². The monoisotopic (exact) mass is 358 g/mol. The molecular weight excluding hydrogens is 332 g/mol. The van der Waals surface area contributed by atoms with Gasteiger partial charge in [0.25, 0.3) is 0 Å². The molecule has 138 valence electrons. The van der Waals surface area contributed by atoms with Crippen LogP contribution in [0.4, 0.5) is 0 Å². The first-order chi connectivity index (χ1) is 13.2. The van der Waals surface area contributed by atoms with Crippen molar-refractivity contribution in [3.05, 3.63) is 84.4 Å². The maximum absolute atomic E-state index is 5.24. The summed E-state index contributed by atoms with van der Waals surface area (Å²) in [5, 5.41) is 0. The van der Waals surface area contributed by atoms with E-state index in [0.29, 0.717) is 6.61 Å². The molecule has 0 atom stereocenters. The second-order valence-corrected chi connectivity index (χ2v) is 6.57. The van der Waals surface area contributed by atoms with E-state index in [4.69, 9.17) is 9.47 Å². The van der Waals surface area contributed by atoms with E-state index in [9.17, 15) is 0 Å². The third kappa shape index (κ3) is 4.29. The summed E-state index contributed by atoms with van der Waals surface area (Å²) < 4.78 is 10.4. The average Bonchev–Trinajstić information content (AvgIpc) is 2.73. The summed E-state index contributed by atoms with van der Waals surface area (Å²) in [6, 6.07) is 23.4. The topological polar surface area (TPSA) is 18.5 Å². The van der Waals surface area contributed by atoms with Gasteiger partial charge in [-0.1, -0.05) is 68.1 Å². The van der Waals surface area contributed by atoms with Gasteiger partial charge in [-0.25, -0.2) is 0 Å². The minimum Gasteiger partial charge on any atom is -0.497 e. The van der Waals surface area contributed by atoms with Crippen molar-refractivity contribution in [1.29, 1.82) is 0 Å². The molecule has 3 aromatic carbocycles. The molecule has 0 aromatic heterocycles. The lowest BCUT2D eigenvalue weighted by Gasteiger charge is -2.13. The third-order valence-electron chi connectivity index (χ3n) is 4.83. The smallest absolute Gasteiger partial charge is 0.118 e. The van der Waals surface area contributed by atoms with E-state index in [2.05, 4.69) is 68.1 Å². The van der Waals surface area contributed by atoms with Crippen LogP contribution < -0.4 is 4.74 Å². The van der Waals surface area contributed by atoms with Crippen LogP contribution in [-0.4, -0.2) is 20.8 Å². The van der Waals surface area contributed by atoms with Crippen molar-refractivity contribution in [2.24, 2.45) is 0 Å². The summed E-state index contributed by atoms with van der Waals surface area (Å²) in [6.07, 6.45) is 0.976. The molecule has 0 spiro atoms. The van der Waals surface area contributed by atoms with Gasteiger partial charge in [-0.05, 0) is 57.5 Å². The van der Waals surface area contributed by atoms with Crippen LogP contribution in [0.2, 0.25) is 0 Å². The Morgan fingerprint density at radius 1 is 0.815 bits per heavy atom. The minimum atomic E-state index is 0.555. The second kappa shape index (κ2) is 8.70. The van der Waals surface area contributed by atoms with E-state index in [0.717, 1.165) is 23.3 Å². The maximum atomic E-state index is 5.24. The Kier molecular flexibility index (Phi) is 6.10. The molecule has 0 heterocycles. The number of benzene rings is 3. The molecule has 0 unspecified atom stereocenters. The molecule has 0 N–H and O–H groups in total. The summed E-state index contributed by atoms with van der Waals surface area (Å²) in [4.78, 5) is 0. The molecule has 0 bridgehead atoms. The normalized spacial score (nSPS) is 10.6. The Balaban J connectivity index is 1.88. The summed E-state index contributed by atoms with van der Waals surface area (Å²) in [5.74, 6) is 0.873. The van der Waals surface area contributed by atoms with Crippen LogP contribution in [0.5, 0.6) is 5.75 Å². The molecule has 2 heteroatoms. The quantitative estimate of drug-likeness (QED) is 0.497. The fraction of sp³-hybridized carbons (Fsp3) is 0.200. The van der Waals surface area contributed by atoms with Gasteiger partial charge in [-0.3, -0.25) is 0 Å². The summed E-state index contributed by atoms with van der Waals surface area (Å²) in [5.41, 5.74) is 8.36. The standard InChI is InChI=1S/C25H26O2/c1-5-19-16-23(18(2)17-26-3)12-15-25(19)22-8-6-20(7-9-22)21-10-13-24(27-4)14-11-21/h6-16H,2,5,17H2,1,3-4H3. The van der Waals surface area contributed by atoms with E-state index < -0.39 is 0 Å². The van der Waals surface area contributed by atoms with Gasteiger partial charge in [0, 0.05) is 7.11 Å². The fourth-order valence-corrected chi connectivity index (χ4v) is 3.27. The first-order valence-corrected chi connectivity index (χ1v) is 9.21. The van der Waals surface area contributed by atoms with Crippen LogP contribution in [0, 0.1) is 0 Å². The highest BCUT2D eigenvalue weighted by atomic mass is 16.5. The lowest BCUT2D eigenvalue weighted by Crippen LogP contribution is -1.95. The minimum absolute atomic E-state index is 0.555. The molecule has 3 aromatic rings. The Morgan fingerprint density at radius 2 is 1.41 bits per heavy atom. The van der Waals surface area contributed by atoms with Gasteiger partial charge in [0.2, 0.25) is 0 Å². The van der Waals surface area contributed by atoms with Gasteiger partial charge in [0.1, 0.15) is 5.75 Å². The van der Waals surface area contributed by atoms with Gasteiger partial charge in [-0.15, -0.1) is 0 Å². The molecule has 2 nitrogen and oxygen atoms in total. The van der Waals surface area contributed by atoms with E-state index in [1.54, 1.807) is 14.2 Å². The Morgan fingerprint density at radius 3 is 1.96 bits per heavy atom. The number of methoxy groups -OCH3 is 2. The molecule has 0 aliphatic rings. The van der Waals surface area contributed by atoms with Crippen molar-refractivity contribution in [2.75, 3.05) is 20.8 Å². The van der Waals surface area contributed by atoms with Gasteiger partial charge in [0.15, 0.2) is 0 Å². The van der Waals surface area contributed by atoms with Crippen LogP contribution in [0.25, 0.3) is 27.8 Å². The predicted octanol–water partition coefficient (Wildman–Crippen LogP) is 6.25. The zero-order valence-electron chi connectivity index (χ0n) is 16.3. The zero-order chi connectivity index (χ0) is 19.2. The van der Waals surface area contributed by atoms with E-state index in [1.165, 1.54) is 27.8 Å². The number of hydrogen-bond acceptors (Lipinski definition) is 2. The van der Waals surface area contributed by atoms with Crippen molar-refractivity contribution in [3.8, 4) is 28.0 Å². The molecular formula is C25H26O2. The molecule has 0 amide bonds. The SMILES string of the molecule is C=C(COC)c1ccc(-c2ccc(-c3ccc(OC)cc3)cc2)c(CC)c1. The van der Waals surface area contributed by atoms with Crippen LogP contribution in [-0.2, 0) is 11.2 Å². The summed E-state index contributed by atoms with van der Waals surface area (Å²) >= 11 is 0. The largest absolute Gasteiger partial charge is 0.497 e. The third-order valence-corrected chi connectivity index (χ3v) is 4.83. The van der Waals surface area contributed by atoms with Gasteiger partial charge in [-0.2, -0.15) is 0 Å².